The quantitative estimate of drug-likeness (QED) is 0.788. The second-order valence-electron chi connectivity index (χ2n) is 4.46. The summed E-state index contributed by atoms with van der Waals surface area (Å²) in [6.07, 6.45) is 0. The van der Waals surface area contributed by atoms with Crippen LogP contribution in [-0.2, 0) is 16.1 Å². The molecule has 0 bridgehead atoms. The van der Waals surface area contributed by atoms with Gasteiger partial charge in [0.15, 0.2) is 0 Å². The molecular formula is C16H15BrClNO2. The number of rotatable bonds is 5. The van der Waals surface area contributed by atoms with E-state index in [4.69, 9.17) is 16.3 Å². The first-order chi connectivity index (χ1) is 10.1. The lowest BCUT2D eigenvalue weighted by atomic mass is 10.1. The standard InChI is InChI=1S/C16H15BrClNO2/c1-21-10-12-13(17)8-5-9-14(12)19-16(20)15(18)11-6-3-2-4-7-11/h2-9,15H,10H2,1H3,(H,19,20). The van der Waals surface area contributed by atoms with Crippen LogP contribution >= 0.6 is 27.5 Å². The highest BCUT2D eigenvalue weighted by molar-refractivity contribution is 9.10. The summed E-state index contributed by atoms with van der Waals surface area (Å²) in [5.74, 6) is -0.265. The Bertz CT molecular complexity index is 619. The van der Waals surface area contributed by atoms with Crippen molar-refractivity contribution in [3.05, 3.63) is 64.1 Å². The zero-order valence-electron chi connectivity index (χ0n) is 11.5. The van der Waals surface area contributed by atoms with Crippen molar-refractivity contribution in [3.63, 3.8) is 0 Å². The van der Waals surface area contributed by atoms with E-state index in [1.807, 2.05) is 48.5 Å². The molecule has 110 valence electrons. The molecule has 0 saturated carbocycles. The highest BCUT2D eigenvalue weighted by Gasteiger charge is 2.19. The van der Waals surface area contributed by atoms with E-state index >= 15 is 0 Å². The van der Waals surface area contributed by atoms with Crippen LogP contribution in [0.4, 0.5) is 5.69 Å². The number of amides is 1. The maximum Gasteiger partial charge on any atom is 0.246 e. The average Bonchev–Trinajstić information content (AvgIpc) is 2.51. The minimum absolute atomic E-state index is 0.265. The van der Waals surface area contributed by atoms with Gasteiger partial charge in [0.1, 0.15) is 5.38 Å². The first-order valence-corrected chi connectivity index (χ1v) is 7.62. The van der Waals surface area contributed by atoms with Gasteiger partial charge in [-0.05, 0) is 17.7 Å². The van der Waals surface area contributed by atoms with E-state index in [1.54, 1.807) is 7.11 Å². The molecule has 2 aromatic rings. The van der Waals surface area contributed by atoms with E-state index in [-0.39, 0.29) is 5.91 Å². The number of ether oxygens (including phenoxy) is 1. The Kier molecular flexibility index (Phi) is 5.79. The summed E-state index contributed by atoms with van der Waals surface area (Å²) >= 11 is 9.68. The van der Waals surface area contributed by atoms with Crippen molar-refractivity contribution in [2.75, 3.05) is 12.4 Å². The summed E-state index contributed by atoms with van der Waals surface area (Å²) in [6, 6.07) is 14.8. The molecule has 0 heterocycles. The Labute approximate surface area is 137 Å². The molecule has 0 spiro atoms. The van der Waals surface area contributed by atoms with Gasteiger partial charge >= 0.3 is 0 Å². The van der Waals surface area contributed by atoms with Crippen LogP contribution < -0.4 is 5.32 Å². The van der Waals surface area contributed by atoms with Crippen molar-refractivity contribution in [2.45, 2.75) is 12.0 Å². The predicted octanol–water partition coefficient (Wildman–Crippen LogP) is 4.51. The number of hydrogen-bond donors (Lipinski definition) is 1. The number of alkyl halides is 1. The van der Waals surface area contributed by atoms with E-state index in [0.717, 1.165) is 15.6 Å². The molecular weight excluding hydrogens is 354 g/mol. The van der Waals surface area contributed by atoms with Crippen LogP contribution in [0.1, 0.15) is 16.5 Å². The summed E-state index contributed by atoms with van der Waals surface area (Å²) in [7, 11) is 1.61. The van der Waals surface area contributed by atoms with Crippen molar-refractivity contribution in [2.24, 2.45) is 0 Å². The predicted molar refractivity (Wildman–Crippen MR) is 88.5 cm³/mol. The summed E-state index contributed by atoms with van der Waals surface area (Å²) in [6.45, 7) is 0.398. The van der Waals surface area contributed by atoms with Crippen molar-refractivity contribution in [3.8, 4) is 0 Å². The molecule has 0 aliphatic rings. The summed E-state index contributed by atoms with van der Waals surface area (Å²) in [5.41, 5.74) is 2.34. The average molecular weight is 369 g/mol. The van der Waals surface area contributed by atoms with Gasteiger partial charge in [0.2, 0.25) is 5.91 Å². The van der Waals surface area contributed by atoms with Gasteiger partial charge in [0.05, 0.1) is 6.61 Å². The molecule has 1 N–H and O–H groups in total. The highest BCUT2D eigenvalue weighted by atomic mass is 79.9. The number of anilines is 1. The molecule has 0 fully saturated rings. The van der Waals surface area contributed by atoms with Gasteiger partial charge in [0, 0.05) is 22.8 Å². The van der Waals surface area contributed by atoms with Crippen molar-refractivity contribution >= 4 is 39.1 Å². The number of carbonyl (C=O) groups excluding carboxylic acids is 1. The molecule has 0 saturated heterocycles. The highest BCUT2D eigenvalue weighted by Crippen LogP contribution is 2.28. The van der Waals surface area contributed by atoms with Crippen molar-refractivity contribution in [1.29, 1.82) is 0 Å². The molecule has 2 rings (SSSR count). The van der Waals surface area contributed by atoms with E-state index in [2.05, 4.69) is 21.2 Å². The van der Waals surface area contributed by atoms with Crippen molar-refractivity contribution in [1.82, 2.24) is 0 Å². The number of halogens is 2. The number of methoxy groups -OCH3 is 1. The summed E-state index contributed by atoms with van der Waals surface area (Å²) < 4.78 is 6.04. The largest absolute Gasteiger partial charge is 0.380 e. The molecule has 21 heavy (non-hydrogen) atoms. The fourth-order valence-electron chi connectivity index (χ4n) is 1.94. The second-order valence-corrected chi connectivity index (χ2v) is 5.75. The normalized spacial score (nSPS) is 12.0. The maximum atomic E-state index is 12.3. The fraction of sp³-hybridized carbons (Fsp3) is 0.188. The number of benzene rings is 2. The number of nitrogens with one attached hydrogen (secondary N) is 1. The zero-order valence-corrected chi connectivity index (χ0v) is 13.8. The Morgan fingerprint density at radius 1 is 1.24 bits per heavy atom. The third-order valence-corrected chi connectivity index (χ3v) is 4.18. The Morgan fingerprint density at radius 2 is 1.95 bits per heavy atom. The molecule has 0 aliphatic heterocycles. The van der Waals surface area contributed by atoms with Crippen LogP contribution in [0.2, 0.25) is 0 Å². The van der Waals surface area contributed by atoms with Gasteiger partial charge in [-0.15, -0.1) is 11.6 Å². The minimum atomic E-state index is -0.736. The Hall–Kier alpha value is -1.36. The van der Waals surface area contributed by atoms with Crippen molar-refractivity contribution < 1.29 is 9.53 Å². The molecule has 5 heteroatoms. The Morgan fingerprint density at radius 3 is 2.62 bits per heavy atom. The van der Waals surface area contributed by atoms with E-state index in [0.29, 0.717) is 12.3 Å². The number of hydrogen-bond acceptors (Lipinski definition) is 2. The molecule has 1 unspecified atom stereocenters. The van der Waals surface area contributed by atoms with E-state index in [1.165, 1.54) is 0 Å². The van der Waals surface area contributed by atoms with Gasteiger partial charge in [-0.2, -0.15) is 0 Å². The first-order valence-electron chi connectivity index (χ1n) is 6.39. The van der Waals surface area contributed by atoms with Crippen LogP contribution in [-0.4, -0.2) is 13.0 Å². The van der Waals surface area contributed by atoms with Crippen LogP contribution in [0.3, 0.4) is 0 Å². The van der Waals surface area contributed by atoms with E-state index < -0.39 is 5.38 Å². The molecule has 1 amide bonds. The summed E-state index contributed by atoms with van der Waals surface area (Å²) in [5, 5.41) is 2.12. The SMILES string of the molecule is COCc1c(Br)cccc1NC(=O)C(Cl)c1ccccc1. The minimum Gasteiger partial charge on any atom is -0.380 e. The Balaban J connectivity index is 2.18. The third-order valence-electron chi connectivity index (χ3n) is 2.99. The topological polar surface area (TPSA) is 38.3 Å². The molecule has 2 aromatic carbocycles. The third kappa shape index (κ3) is 4.06. The van der Waals surface area contributed by atoms with Gasteiger partial charge in [-0.3, -0.25) is 4.79 Å². The van der Waals surface area contributed by atoms with Crippen LogP contribution in [0.5, 0.6) is 0 Å². The monoisotopic (exact) mass is 367 g/mol. The number of carbonyl (C=O) groups is 1. The fourth-order valence-corrected chi connectivity index (χ4v) is 2.62. The lowest BCUT2D eigenvalue weighted by Crippen LogP contribution is -2.18. The second kappa shape index (κ2) is 7.59. The van der Waals surface area contributed by atoms with Crippen LogP contribution in [0, 0.1) is 0 Å². The van der Waals surface area contributed by atoms with Gasteiger partial charge in [-0.1, -0.05) is 52.3 Å². The lowest BCUT2D eigenvalue weighted by molar-refractivity contribution is -0.116. The lowest BCUT2D eigenvalue weighted by Gasteiger charge is -2.15. The maximum absolute atomic E-state index is 12.3. The molecule has 0 aliphatic carbocycles. The first kappa shape index (κ1) is 16.0. The van der Waals surface area contributed by atoms with Gasteiger partial charge in [-0.25, -0.2) is 0 Å². The zero-order chi connectivity index (χ0) is 15.2. The molecule has 0 radical (unpaired) electrons. The van der Waals surface area contributed by atoms with E-state index in [9.17, 15) is 4.79 Å². The molecule has 0 aromatic heterocycles. The van der Waals surface area contributed by atoms with Crippen LogP contribution in [0.15, 0.2) is 53.0 Å². The molecule has 1 atom stereocenters. The van der Waals surface area contributed by atoms with Gasteiger partial charge < -0.3 is 10.1 Å². The smallest absolute Gasteiger partial charge is 0.246 e. The van der Waals surface area contributed by atoms with Crippen LogP contribution in [0.25, 0.3) is 0 Å². The van der Waals surface area contributed by atoms with Gasteiger partial charge in [0.25, 0.3) is 0 Å². The molecule has 3 nitrogen and oxygen atoms in total. The summed E-state index contributed by atoms with van der Waals surface area (Å²) in [4.78, 5) is 12.3.